The lowest BCUT2D eigenvalue weighted by molar-refractivity contribution is 0.315. The summed E-state index contributed by atoms with van der Waals surface area (Å²) in [6, 6.07) is 2.65. The van der Waals surface area contributed by atoms with E-state index in [1.165, 1.54) is 12.1 Å². The Balaban J connectivity index is 2.84. The second kappa shape index (κ2) is 6.88. The average molecular weight is 251 g/mol. The van der Waals surface area contributed by atoms with Crippen molar-refractivity contribution in [2.24, 2.45) is 5.16 Å². The van der Waals surface area contributed by atoms with E-state index in [2.05, 4.69) is 16.7 Å². The molecule has 96 valence electrons. The first-order valence-corrected chi connectivity index (χ1v) is 5.44. The number of rotatable bonds is 6. The molecule has 0 unspecified atom stereocenters. The predicted octanol–water partition coefficient (Wildman–Crippen LogP) is 0.997. The van der Waals surface area contributed by atoms with Gasteiger partial charge in [-0.3, -0.25) is 4.98 Å². The van der Waals surface area contributed by atoms with E-state index < -0.39 is 12.9 Å². The SMILES string of the molecule is C=CCN(CC(=NO)c1ccc(F)cn1)B(C)O. The van der Waals surface area contributed by atoms with Crippen LogP contribution in [0.25, 0.3) is 0 Å². The molecule has 0 saturated carbocycles. The molecule has 1 rings (SSSR count). The highest BCUT2D eigenvalue weighted by Crippen LogP contribution is 2.03. The van der Waals surface area contributed by atoms with Crippen LogP contribution in [0.1, 0.15) is 5.69 Å². The maximum atomic E-state index is 12.7. The van der Waals surface area contributed by atoms with Crippen LogP contribution in [0.4, 0.5) is 4.39 Å². The molecule has 0 amide bonds. The summed E-state index contributed by atoms with van der Waals surface area (Å²) in [5.74, 6) is -0.463. The number of pyridine rings is 1. The van der Waals surface area contributed by atoms with Crippen LogP contribution in [-0.4, -0.2) is 45.9 Å². The van der Waals surface area contributed by atoms with Gasteiger partial charge in [-0.05, 0) is 19.0 Å². The summed E-state index contributed by atoms with van der Waals surface area (Å²) < 4.78 is 12.7. The lowest BCUT2D eigenvalue weighted by Gasteiger charge is -2.21. The van der Waals surface area contributed by atoms with Crippen LogP contribution in [0, 0.1) is 5.82 Å². The molecule has 0 saturated heterocycles. The molecule has 0 radical (unpaired) electrons. The summed E-state index contributed by atoms with van der Waals surface area (Å²) in [7, 11) is -0.722. The Morgan fingerprint density at radius 2 is 2.39 bits per heavy atom. The van der Waals surface area contributed by atoms with Crippen LogP contribution in [0.5, 0.6) is 0 Å². The van der Waals surface area contributed by atoms with Gasteiger partial charge in [0.05, 0.1) is 11.9 Å². The first kappa shape index (κ1) is 14.3. The third-order valence-electron chi connectivity index (χ3n) is 2.39. The minimum atomic E-state index is -0.722. The third-order valence-corrected chi connectivity index (χ3v) is 2.39. The maximum Gasteiger partial charge on any atom is 0.377 e. The topological polar surface area (TPSA) is 69.0 Å². The quantitative estimate of drug-likeness (QED) is 0.260. The van der Waals surface area contributed by atoms with Crippen molar-refractivity contribution in [2.75, 3.05) is 13.1 Å². The van der Waals surface area contributed by atoms with E-state index in [0.717, 1.165) is 6.20 Å². The third kappa shape index (κ3) is 3.94. The van der Waals surface area contributed by atoms with Crippen molar-refractivity contribution in [3.8, 4) is 0 Å². The smallest absolute Gasteiger partial charge is 0.377 e. The van der Waals surface area contributed by atoms with Gasteiger partial charge in [0.2, 0.25) is 0 Å². The summed E-state index contributed by atoms with van der Waals surface area (Å²) in [6.07, 6.45) is 2.67. The number of hydrogen-bond donors (Lipinski definition) is 2. The molecule has 1 heterocycles. The van der Waals surface area contributed by atoms with Crippen LogP contribution in [0.2, 0.25) is 6.82 Å². The molecule has 7 heteroatoms. The van der Waals surface area contributed by atoms with Gasteiger partial charge in [-0.1, -0.05) is 11.2 Å². The average Bonchev–Trinajstić information content (AvgIpc) is 2.35. The molecule has 18 heavy (non-hydrogen) atoms. The van der Waals surface area contributed by atoms with Gasteiger partial charge in [0.25, 0.3) is 0 Å². The van der Waals surface area contributed by atoms with Crippen molar-refractivity contribution >= 4 is 12.8 Å². The lowest BCUT2D eigenvalue weighted by Crippen LogP contribution is -2.41. The fourth-order valence-corrected chi connectivity index (χ4v) is 1.42. The highest BCUT2D eigenvalue weighted by Gasteiger charge is 2.18. The van der Waals surface area contributed by atoms with E-state index >= 15 is 0 Å². The zero-order valence-corrected chi connectivity index (χ0v) is 10.1. The second-order valence-corrected chi connectivity index (χ2v) is 3.76. The van der Waals surface area contributed by atoms with Crippen molar-refractivity contribution in [3.05, 3.63) is 42.5 Å². The number of aromatic nitrogens is 1. The Kier molecular flexibility index (Phi) is 5.48. The molecule has 0 fully saturated rings. The summed E-state index contributed by atoms with van der Waals surface area (Å²) in [4.78, 5) is 5.44. The Morgan fingerprint density at radius 1 is 1.67 bits per heavy atom. The van der Waals surface area contributed by atoms with E-state index in [9.17, 15) is 9.41 Å². The summed E-state index contributed by atoms with van der Waals surface area (Å²) in [5, 5.41) is 21.6. The molecule has 0 aliphatic rings. The minimum Gasteiger partial charge on any atom is -0.437 e. The van der Waals surface area contributed by atoms with E-state index in [-0.39, 0.29) is 12.3 Å². The van der Waals surface area contributed by atoms with Crippen LogP contribution >= 0.6 is 0 Å². The molecule has 0 aliphatic heterocycles. The number of oxime groups is 1. The molecule has 0 bridgehead atoms. The van der Waals surface area contributed by atoms with Gasteiger partial charge in [-0.25, -0.2) is 4.39 Å². The molecule has 5 nitrogen and oxygen atoms in total. The normalized spacial score (nSPS) is 11.7. The highest BCUT2D eigenvalue weighted by molar-refractivity contribution is 6.45. The number of hydrogen-bond acceptors (Lipinski definition) is 5. The van der Waals surface area contributed by atoms with Gasteiger partial charge in [-0.15, -0.1) is 6.58 Å². The Morgan fingerprint density at radius 3 is 2.83 bits per heavy atom. The summed E-state index contributed by atoms with van der Waals surface area (Å²) in [6.45, 7) is 5.78. The van der Waals surface area contributed by atoms with Crippen LogP contribution in [-0.2, 0) is 0 Å². The van der Waals surface area contributed by atoms with E-state index in [4.69, 9.17) is 5.21 Å². The van der Waals surface area contributed by atoms with Gasteiger partial charge in [-0.2, -0.15) is 0 Å². The predicted molar refractivity (Wildman–Crippen MR) is 68.1 cm³/mol. The summed E-state index contributed by atoms with van der Waals surface area (Å²) >= 11 is 0. The molecular formula is C11H15BFN3O2. The molecule has 0 spiro atoms. The van der Waals surface area contributed by atoms with Crippen molar-refractivity contribution < 1.29 is 14.6 Å². The zero-order valence-electron chi connectivity index (χ0n) is 10.1. The Labute approximate surface area is 105 Å². The molecule has 0 aromatic carbocycles. The maximum absolute atomic E-state index is 12.7. The highest BCUT2D eigenvalue weighted by atomic mass is 19.1. The molecule has 1 aromatic rings. The fourth-order valence-electron chi connectivity index (χ4n) is 1.42. The van der Waals surface area contributed by atoms with Gasteiger partial charge in [0.1, 0.15) is 11.5 Å². The summed E-state index contributed by atoms with van der Waals surface area (Å²) in [5.41, 5.74) is 0.603. The molecule has 1 aromatic heterocycles. The molecule has 0 aliphatic carbocycles. The standard InChI is InChI=1S/C11H15BFN3O2/c1-3-6-16(12(2)17)8-11(15-18)10-5-4-9(13)7-14-10/h3-5,7,17-18H,1,6,8H2,2H3. The van der Waals surface area contributed by atoms with Gasteiger partial charge < -0.3 is 15.0 Å². The van der Waals surface area contributed by atoms with Crippen molar-refractivity contribution in [2.45, 2.75) is 6.82 Å². The van der Waals surface area contributed by atoms with Gasteiger partial charge in [0, 0.05) is 13.1 Å². The van der Waals surface area contributed by atoms with Gasteiger partial charge in [0.15, 0.2) is 0 Å². The van der Waals surface area contributed by atoms with Crippen molar-refractivity contribution in [1.82, 2.24) is 9.79 Å². The first-order chi connectivity index (χ1) is 8.58. The molecule has 0 atom stereocenters. The largest absolute Gasteiger partial charge is 0.437 e. The Bertz CT molecular complexity index is 423. The monoisotopic (exact) mass is 251 g/mol. The van der Waals surface area contributed by atoms with Gasteiger partial charge >= 0.3 is 7.05 Å². The van der Waals surface area contributed by atoms with E-state index in [0.29, 0.717) is 12.2 Å². The number of halogens is 1. The van der Waals surface area contributed by atoms with E-state index in [1.807, 2.05) is 0 Å². The van der Waals surface area contributed by atoms with Crippen LogP contribution in [0.15, 0.2) is 36.1 Å². The molecular weight excluding hydrogens is 236 g/mol. The van der Waals surface area contributed by atoms with Crippen molar-refractivity contribution in [3.63, 3.8) is 0 Å². The van der Waals surface area contributed by atoms with Crippen LogP contribution in [0.3, 0.4) is 0 Å². The molecule has 2 N–H and O–H groups in total. The first-order valence-electron chi connectivity index (χ1n) is 5.44. The van der Waals surface area contributed by atoms with E-state index in [1.54, 1.807) is 17.7 Å². The second-order valence-electron chi connectivity index (χ2n) is 3.76. The minimum absolute atomic E-state index is 0.179. The van der Waals surface area contributed by atoms with Crippen LogP contribution < -0.4 is 0 Å². The fraction of sp³-hybridized carbons (Fsp3) is 0.273. The number of nitrogens with zero attached hydrogens (tertiary/aromatic N) is 3. The zero-order chi connectivity index (χ0) is 13.5. The lowest BCUT2D eigenvalue weighted by atomic mass is 9.84. The van der Waals surface area contributed by atoms with Crippen molar-refractivity contribution in [1.29, 1.82) is 0 Å². The Hall–Kier alpha value is -1.73.